The number of thioether (sulfide) groups is 1. The van der Waals surface area contributed by atoms with Crippen molar-refractivity contribution in [2.75, 3.05) is 0 Å². The van der Waals surface area contributed by atoms with E-state index >= 15 is 0 Å². The molecule has 0 radical (unpaired) electrons. The zero-order chi connectivity index (χ0) is 13.8. The number of H-pyrrole nitrogens is 1. The van der Waals surface area contributed by atoms with Crippen LogP contribution in [0.4, 0.5) is 0 Å². The van der Waals surface area contributed by atoms with Crippen LogP contribution in [0, 0.1) is 0 Å². The molecule has 0 saturated heterocycles. The number of nitrogens with one attached hydrogen (secondary N) is 1. The van der Waals surface area contributed by atoms with Gasteiger partial charge in [0.05, 0.1) is 5.69 Å². The number of benzene rings is 2. The van der Waals surface area contributed by atoms with Crippen molar-refractivity contribution in [2.45, 2.75) is 10.9 Å². The van der Waals surface area contributed by atoms with Crippen molar-refractivity contribution in [3.8, 4) is 11.3 Å². The smallest absolute Gasteiger partial charge is 0.166 e. The van der Waals surface area contributed by atoms with Gasteiger partial charge >= 0.3 is 0 Å². The van der Waals surface area contributed by atoms with E-state index in [0.717, 1.165) is 27.2 Å². The lowest BCUT2D eigenvalue weighted by atomic mass is 10.2. The Kier molecular flexibility index (Phi) is 4.09. The normalized spacial score (nSPS) is 10.7. The van der Waals surface area contributed by atoms with Crippen molar-refractivity contribution in [2.24, 2.45) is 0 Å². The van der Waals surface area contributed by atoms with Crippen molar-refractivity contribution in [3.05, 3.63) is 71.4 Å². The minimum Gasteiger partial charge on any atom is -0.339 e. The first kappa shape index (κ1) is 13.3. The molecule has 0 amide bonds. The number of halogens is 1. The van der Waals surface area contributed by atoms with Crippen molar-refractivity contribution in [1.82, 2.24) is 9.97 Å². The van der Waals surface area contributed by atoms with Gasteiger partial charge in [-0.15, -0.1) is 0 Å². The molecule has 2 aromatic carbocycles. The molecule has 3 aromatic rings. The van der Waals surface area contributed by atoms with Gasteiger partial charge in [-0.3, -0.25) is 0 Å². The lowest BCUT2D eigenvalue weighted by molar-refractivity contribution is 1.06. The summed E-state index contributed by atoms with van der Waals surface area (Å²) in [7, 11) is 0. The Morgan fingerprint density at radius 2 is 1.75 bits per heavy atom. The molecule has 0 unspecified atom stereocenters. The van der Waals surface area contributed by atoms with Gasteiger partial charge in [0, 0.05) is 22.5 Å². The summed E-state index contributed by atoms with van der Waals surface area (Å²) in [6.45, 7) is 0. The monoisotopic (exact) mass is 300 g/mol. The highest BCUT2D eigenvalue weighted by Crippen LogP contribution is 2.24. The first-order valence-corrected chi connectivity index (χ1v) is 7.66. The SMILES string of the molecule is Clc1ccc(CSc2nc(-c3ccccc3)c[nH]2)cc1. The lowest BCUT2D eigenvalue weighted by Gasteiger charge is -1.99. The topological polar surface area (TPSA) is 28.7 Å². The second-order valence-electron chi connectivity index (χ2n) is 4.37. The molecule has 100 valence electrons. The highest BCUT2D eigenvalue weighted by atomic mass is 35.5. The first-order valence-electron chi connectivity index (χ1n) is 6.29. The third-order valence-electron chi connectivity index (χ3n) is 2.91. The number of rotatable bonds is 4. The van der Waals surface area contributed by atoms with Crippen LogP contribution in [0.2, 0.25) is 5.02 Å². The van der Waals surface area contributed by atoms with E-state index in [1.807, 2.05) is 48.7 Å². The minimum atomic E-state index is 0.767. The van der Waals surface area contributed by atoms with Crippen LogP contribution in [-0.4, -0.2) is 9.97 Å². The molecular formula is C16H13ClN2S. The van der Waals surface area contributed by atoms with Gasteiger partial charge in [-0.2, -0.15) is 0 Å². The molecule has 1 N–H and O–H groups in total. The van der Waals surface area contributed by atoms with E-state index < -0.39 is 0 Å². The van der Waals surface area contributed by atoms with E-state index in [4.69, 9.17) is 11.6 Å². The minimum absolute atomic E-state index is 0.767. The molecule has 0 aliphatic rings. The Hall–Kier alpha value is -1.71. The molecule has 0 spiro atoms. The fourth-order valence-electron chi connectivity index (χ4n) is 1.87. The van der Waals surface area contributed by atoms with Crippen LogP contribution in [-0.2, 0) is 5.75 Å². The summed E-state index contributed by atoms with van der Waals surface area (Å²) in [5.74, 6) is 0.874. The van der Waals surface area contributed by atoms with Gasteiger partial charge in [0.15, 0.2) is 5.16 Å². The summed E-state index contributed by atoms with van der Waals surface area (Å²) in [5, 5.41) is 1.70. The second-order valence-corrected chi connectivity index (χ2v) is 5.77. The number of nitrogens with zero attached hydrogens (tertiary/aromatic N) is 1. The maximum atomic E-state index is 5.87. The highest BCUT2D eigenvalue weighted by molar-refractivity contribution is 7.98. The van der Waals surface area contributed by atoms with Crippen LogP contribution in [0.1, 0.15) is 5.56 Å². The average Bonchev–Trinajstić information content (AvgIpc) is 2.97. The van der Waals surface area contributed by atoms with Gasteiger partial charge in [0.25, 0.3) is 0 Å². The zero-order valence-corrected chi connectivity index (χ0v) is 12.3. The Morgan fingerprint density at radius 1 is 1.00 bits per heavy atom. The van der Waals surface area contributed by atoms with Crippen LogP contribution in [0.3, 0.4) is 0 Å². The number of hydrogen-bond acceptors (Lipinski definition) is 2. The molecule has 0 saturated carbocycles. The molecule has 0 aliphatic heterocycles. The fraction of sp³-hybridized carbons (Fsp3) is 0.0625. The predicted octanol–water partition coefficient (Wildman–Crippen LogP) is 5.02. The highest BCUT2D eigenvalue weighted by Gasteiger charge is 2.04. The predicted molar refractivity (Wildman–Crippen MR) is 85.0 cm³/mol. The zero-order valence-electron chi connectivity index (χ0n) is 10.7. The van der Waals surface area contributed by atoms with Gasteiger partial charge in [-0.25, -0.2) is 4.98 Å². The van der Waals surface area contributed by atoms with Crippen LogP contribution >= 0.6 is 23.4 Å². The second kappa shape index (κ2) is 6.16. The van der Waals surface area contributed by atoms with Crippen molar-refractivity contribution < 1.29 is 0 Å². The summed E-state index contributed by atoms with van der Waals surface area (Å²) in [5.41, 5.74) is 3.34. The maximum absolute atomic E-state index is 5.87. The summed E-state index contributed by atoms with van der Waals surface area (Å²) < 4.78 is 0. The van der Waals surface area contributed by atoms with Crippen molar-refractivity contribution in [3.63, 3.8) is 0 Å². The third kappa shape index (κ3) is 3.24. The third-order valence-corrected chi connectivity index (χ3v) is 4.12. The summed E-state index contributed by atoms with van der Waals surface area (Å²) >= 11 is 7.56. The first-order chi connectivity index (χ1) is 9.81. The molecule has 1 heterocycles. The van der Waals surface area contributed by atoms with Crippen molar-refractivity contribution >= 4 is 23.4 Å². The van der Waals surface area contributed by atoms with Gasteiger partial charge in [-0.1, -0.05) is 65.8 Å². The van der Waals surface area contributed by atoms with Crippen LogP contribution in [0.15, 0.2) is 66.0 Å². The van der Waals surface area contributed by atoms with E-state index in [1.165, 1.54) is 5.56 Å². The molecule has 4 heteroatoms. The van der Waals surface area contributed by atoms with Crippen LogP contribution in [0.5, 0.6) is 0 Å². The summed E-state index contributed by atoms with van der Waals surface area (Å²) in [6.07, 6.45) is 1.94. The van der Waals surface area contributed by atoms with Gasteiger partial charge < -0.3 is 4.98 Å². The Labute approximate surface area is 127 Å². The lowest BCUT2D eigenvalue weighted by Crippen LogP contribution is -1.82. The Balaban J connectivity index is 1.67. The molecule has 0 bridgehead atoms. The number of hydrogen-bond donors (Lipinski definition) is 1. The Bertz CT molecular complexity index is 677. The Morgan fingerprint density at radius 3 is 2.50 bits per heavy atom. The molecule has 0 atom stereocenters. The standard InChI is InChI=1S/C16H13ClN2S/c17-14-8-6-12(7-9-14)11-20-16-18-10-15(19-16)13-4-2-1-3-5-13/h1-10H,11H2,(H,18,19). The van der Waals surface area contributed by atoms with Crippen LogP contribution < -0.4 is 0 Å². The molecular weight excluding hydrogens is 288 g/mol. The number of imidazole rings is 1. The van der Waals surface area contributed by atoms with Gasteiger partial charge in [-0.05, 0) is 17.7 Å². The quantitative estimate of drug-likeness (QED) is 0.685. The molecule has 2 nitrogen and oxygen atoms in total. The average molecular weight is 301 g/mol. The van der Waals surface area contributed by atoms with E-state index in [2.05, 4.69) is 22.1 Å². The van der Waals surface area contributed by atoms with E-state index in [1.54, 1.807) is 11.8 Å². The van der Waals surface area contributed by atoms with Gasteiger partial charge in [0.1, 0.15) is 0 Å². The number of aromatic amines is 1. The molecule has 0 aliphatic carbocycles. The maximum Gasteiger partial charge on any atom is 0.166 e. The van der Waals surface area contributed by atoms with E-state index in [-0.39, 0.29) is 0 Å². The van der Waals surface area contributed by atoms with E-state index in [9.17, 15) is 0 Å². The number of aromatic nitrogens is 2. The van der Waals surface area contributed by atoms with Gasteiger partial charge in [0.2, 0.25) is 0 Å². The van der Waals surface area contributed by atoms with Crippen LogP contribution in [0.25, 0.3) is 11.3 Å². The molecule has 20 heavy (non-hydrogen) atoms. The molecule has 0 fully saturated rings. The summed E-state index contributed by atoms with van der Waals surface area (Å²) in [6, 6.07) is 18.1. The molecule has 3 rings (SSSR count). The molecule has 1 aromatic heterocycles. The van der Waals surface area contributed by atoms with Crippen molar-refractivity contribution in [1.29, 1.82) is 0 Å². The summed E-state index contributed by atoms with van der Waals surface area (Å²) in [4.78, 5) is 7.81. The largest absolute Gasteiger partial charge is 0.339 e. The van der Waals surface area contributed by atoms with E-state index in [0.29, 0.717) is 0 Å². The fourth-order valence-corrected chi connectivity index (χ4v) is 2.79.